The Balaban J connectivity index is 2.21. The van der Waals surface area contributed by atoms with Crippen molar-refractivity contribution in [2.45, 2.75) is 6.54 Å². The van der Waals surface area contributed by atoms with Gasteiger partial charge >= 0.3 is 0 Å². The largest absolute Gasteiger partial charge is 0.508 e. The number of nitrogens with zero attached hydrogens (tertiary/aromatic N) is 2. The number of phenols is 1. The van der Waals surface area contributed by atoms with Gasteiger partial charge in [0.05, 0.1) is 11.9 Å². The van der Waals surface area contributed by atoms with Gasteiger partial charge in [-0.25, -0.2) is 0 Å². The lowest BCUT2D eigenvalue weighted by atomic mass is 10.1. The molecule has 3 aromatic rings. The van der Waals surface area contributed by atoms with E-state index >= 15 is 0 Å². The fourth-order valence-corrected chi connectivity index (χ4v) is 1.97. The summed E-state index contributed by atoms with van der Waals surface area (Å²) in [4.78, 5) is 3.14. The lowest BCUT2D eigenvalue weighted by Gasteiger charge is -2.01. The Bertz CT molecular complexity index is 705. The zero-order valence-corrected chi connectivity index (χ0v) is 9.59. The molecule has 0 bridgehead atoms. The molecule has 0 amide bonds. The second-order valence-corrected chi connectivity index (χ2v) is 4.09. The van der Waals surface area contributed by atoms with Crippen LogP contribution in [0, 0.1) is 0 Å². The summed E-state index contributed by atoms with van der Waals surface area (Å²) < 4.78 is 0. The molecule has 3 rings (SSSR count). The van der Waals surface area contributed by atoms with Crippen molar-refractivity contribution in [1.82, 2.24) is 15.2 Å². The summed E-state index contributed by atoms with van der Waals surface area (Å²) in [5.74, 6) is 0.228. The number of nitrogens with one attached hydrogen (secondary N) is 1. The fourth-order valence-electron chi connectivity index (χ4n) is 1.97. The third-order valence-corrected chi connectivity index (χ3v) is 2.89. The van der Waals surface area contributed by atoms with Crippen LogP contribution in [0.15, 0.2) is 36.7 Å². The molecule has 2 aromatic heterocycles. The Morgan fingerprint density at radius 2 is 2.17 bits per heavy atom. The van der Waals surface area contributed by atoms with Crippen molar-refractivity contribution >= 4 is 10.9 Å². The molecule has 0 saturated heterocycles. The quantitative estimate of drug-likeness (QED) is 0.637. The molecular formula is C13H12N4O. The molecule has 5 heteroatoms. The molecule has 0 spiro atoms. The van der Waals surface area contributed by atoms with E-state index < -0.39 is 0 Å². The van der Waals surface area contributed by atoms with Crippen molar-refractivity contribution in [3.8, 4) is 17.0 Å². The van der Waals surface area contributed by atoms with Crippen LogP contribution in [0.5, 0.6) is 5.75 Å². The smallest absolute Gasteiger partial charge is 0.116 e. The molecule has 0 atom stereocenters. The minimum atomic E-state index is 0.228. The first-order valence-electron chi connectivity index (χ1n) is 5.60. The monoisotopic (exact) mass is 240 g/mol. The minimum Gasteiger partial charge on any atom is -0.508 e. The summed E-state index contributed by atoms with van der Waals surface area (Å²) in [6, 6.07) is 7.08. The zero-order valence-electron chi connectivity index (χ0n) is 9.59. The first-order chi connectivity index (χ1) is 8.78. The number of hydrogen-bond acceptors (Lipinski definition) is 4. The molecule has 5 nitrogen and oxygen atoms in total. The predicted octanol–water partition coefficient (Wildman–Crippen LogP) is 1.79. The standard InChI is InChI=1S/C13H12N4O/c14-5-8-3-13(17-16-6-8)11-7-15-12-2-1-9(18)4-10(11)12/h1-4,6-7,15,18H,5,14H2. The normalized spacial score (nSPS) is 10.9. The molecule has 18 heavy (non-hydrogen) atoms. The zero-order chi connectivity index (χ0) is 12.5. The Labute approximate surface area is 103 Å². The van der Waals surface area contributed by atoms with E-state index in [1.807, 2.05) is 18.3 Å². The van der Waals surface area contributed by atoms with Crippen LogP contribution in [0.4, 0.5) is 0 Å². The van der Waals surface area contributed by atoms with Gasteiger partial charge in [-0.15, -0.1) is 0 Å². The average molecular weight is 240 g/mol. The lowest BCUT2D eigenvalue weighted by Crippen LogP contribution is -1.98. The Morgan fingerprint density at radius 3 is 3.00 bits per heavy atom. The summed E-state index contributed by atoms with van der Waals surface area (Å²) in [5.41, 5.74) is 9.12. The third-order valence-electron chi connectivity index (χ3n) is 2.89. The van der Waals surface area contributed by atoms with Crippen LogP contribution in [0.3, 0.4) is 0 Å². The van der Waals surface area contributed by atoms with Gasteiger partial charge in [0.15, 0.2) is 0 Å². The van der Waals surface area contributed by atoms with Gasteiger partial charge in [0.1, 0.15) is 5.75 Å². The van der Waals surface area contributed by atoms with Gasteiger partial charge in [0.25, 0.3) is 0 Å². The highest BCUT2D eigenvalue weighted by Crippen LogP contribution is 2.29. The van der Waals surface area contributed by atoms with E-state index in [0.717, 1.165) is 27.7 Å². The van der Waals surface area contributed by atoms with Crippen LogP contribution in [0.25, 0.3) is 22.2 Å². The maximum atomic E-state index is 9.55. The number of H-pyrrole nitrogens is 1. The number of fused-ring (bicyclic) bond motifs is 1. The summed E-state index contributed by atoms with van der Waals surface area (Å²) in [7, 11) is 0. The summed E-state index contributed by atoms with van der Waals surface area (Å²) in [6.45, 7) is 0.427. The van der Waals surface area contributed by atoms with E-state index in [0.29, 0.717) is 6.54 Å². The predicted molar refractivity (Wildman–Crippen MR) is 68.9 cm³/mol. The molecule has 0 aliphatic heterocycles. The highest BCUT2D eigenvalue weighted by Gasteiger charge is 2.09. The van der Waals surface area contributed by atoms with Crippen molar-refractivity contribution < 1.29 is 5.11 Å². The molecule has 0 radical (unpaired) electrons. The van der Waals surface area contributed by atoms with Crippen molar-refractivity contribution in [2.24, 2.45) is 5.73 Å². The van der Waals surface area contributed by atoms with E-state index in [1.54, 1.807) is 18.3 Å². The molecule has 2 heterocycles. The molecule has 0 aliphatic rings. The van der Waals surface area contributed by atoms with Crippen molar-refractivity contribution in [3.63, 3.8) is 0 Å². The summed E-state index contributed by atoms with van der Waals surface area (Å²) >= 11 is 0. The average Bonchev–Trinajstić information content (AvgIpc) is 2.81. The SMILES string of the molecule is NCc1cnnc(-c2c[nH]c3ccc(O)cc23)c1. The number of phenolic OH excluding ortho intramolecular Hbond substituents is 1. The van der Waals surface area contributed by atoms with E-state index in [1.165, 1.54) is 0 Å². The van der Waals surface area contributed by atoms with Gasteiger partial charge in [-0.1, -0.05) is 0 Å². The van der Waals surface area contributed by atoms with Crippen molar-refractivity contribution in [1.29, 1.82) is 0 Å². The first-order valence-corrected chi connectivity index (χ1v) is 5.60. The minimum absolute atomic E-state index is 0.228. The molecular weight excluding hydrogens is 228 g/mol. The maximum absolute atomic E-state index is 9.55. The topological polar surface area (TPSA) is 87.8 Å². The fraction of sp³-hybridized carbons (Fsp3) is 0.0769. The first kappa shape index (κ1) is 10.7. The molecule has 90 valence electrons. The molecule has 4 N–H and O–H groups in total. The van der Waals surface area contributed by atoms with Crippen LogP contribution >= 0.6 is 0 Å². The van der Waals surface area contributed by atoms with Crippen molar-refractivity contribution in [3.05, 3.63) is 42.2 Å². The van der Waals surface area contributed by atoms with Crippen molar-refractivity contribution in [2.75, 3.05) is 0 Å². The highest BCUT2D eigenvalue weighted by atomic mass is 16.3. The van der Waals surface area contributed by atoms with Crippen LogP contribution in [0.1, 0.15) is 5.56 Å². The molecule has 1 aromatic carbocycles. The van der Waals surface area contributed by atoms with Gasteiger partial charge in [-0.05, 0) is 29.8 Å². The van der Waals surface area contributed by atoms with Crippen LogP contribution in [-0.2, 0) is 6.54 Å². The number of aromatic hydroxyl groups is 1. The van der Waals surface area contributed by atoms with E-state index in [4.69, 9.17) is 5.73 Å². The third kappa shape index (κ3) is 1.70. The maximum Gasteiger partial charge on any atom is 0.116 e. The molecule has 0 unspecified atom stereocenters. The molecule has 0 saturated carbocycles. The number of rotatable bonds is 2. The van der Waals surface area contributed by atoms with Crippen LogP contribution in [-0.4, -0.2) is 20.3 Å². The van der Waals surface area contributed by atoms with Gasteiger partial charge in [-0.3, -0.25) is 0 Å². The van der Waals surface area contributed by atoms with E-state index in [2.05, 4.69) is 15.2 Å². The lowest BCUT2D eigenvalue weighted by molar-refractivity contribution is 0.476. The van der Waals surface area contributed by atoms with E-state index in [9.17, 15) is 5.11 Å². The van der Waals surface area contributed by atoms with Gasteiger partial charge in [0.2, 0.25) is 0 Å². The van der Waals surface area contributed by atoms with Gasteiger partial charge < -0.3 is 15.8 Å². The Kier molecular flexibility index (Phi) is 2.46. The van der Waals surface area contributed by atoms with Crippen LogP contribution in [0.2, 0.25) is 0 Å². The molecule has 0 fully saturated rings. The molecule has 0 aliphatic carbocycles. The number of benzene rings is 1. The second kappa shape index (κ2) is 4.12. The number of aromatic amines is 1. The van der Waals surface area contributed by atoms with Crippen LogP contribution < -0.4 is 5.73 Å². The van der Waals surface area contributed by atoms with Gasteiger partial charge in [0, 0.05) is 29.2 Å². The van der Waals surface area contributed by atoms with E-state index in [-0.39, 0.29) is 5.75 Å². The Hall–Kier alpha value is -2.40. The number of hydrogen-bond donors (Lipinski definition) is 3. The number of aromatic nitrogens is 3. The summed E-state index contributed by atoms with van der Waals surface area (Å²) in [6.07, 6.45) is 3.50. The number of nitrogens with two attached hydrogens (primary N) is 1. The van der Waals surface area contributed by atoms with Gasteiger partial charge in [-0.2, -0.15) is 10.2 Å². The second-order valence-electron chi connectivity index (χ2n) is 4.09. The Morgan fingerprint density at radius 1 is 1.28 bits per heavy atom. The summed E-state index contributed by atoms with van der Waals surface area (Å²) in [5, 5.41) is 18.5. The highest BCUT2D eigenvalue weighted by molar-refractivity contribution is 5.95.